The topological polar surface area (TPSA) is 126 Å². The minimum absolute atomic E-state index is 0.179. The van der Waals surface area contributed by atoms with Gasteiger partial charge in [0, 0.05) is 17.6 Å². The summed E-state index contributed by atoms with van der Waals surface area (Å²) in [7, 11) is 0. The average Bonchev–Trinajstić information content (AvgIpc) is 2.88. The molecule has 9 heteroatoms. The number of fused-ring (bicyclic) bond motifs is 1. The number of aliphatic hydroxyl groups excluding tert-OH is 2. The number of rotatable bonds is 8. The summed E-state index contributed by atoms with van der Waals surface area (Å²) < 4.78 is 11.1. The first kappa shape index (κ1) is 26.8. The molecule has 1 aromatic heterocycles. The summed E-state index contributed by atoms with van der Waals surface area (Å²) >= 11 is 0. The number of aliphatic hydroxyl groups is 2. The highest BCUT2D eigenvalue weighted by atomic mass is 16.6. The summed E-state index contributed by atoms with van der Waals surface area (Å²) in [6, 6.07) is 20.5. The minimum atomic E-state index is -1.25. The van der Waals surface area contributed by atoms with Gasteiger partial charge in [-0.25, -0.2) is 14.8 Å². The highest BCUT2D eigenvalue weighted by Crippen LogP contribution is 2.31. The van der Waals surface area contributed by atoms with Crippen molar-refractivity contribution in [3.05, 3.63) is 84.2 Å². The standard InChI is InChI=1S/C29H32N4O5/c1-18-14-20(11-13-25(18)37-21-8-6-5-7-9-21)33-27-22-15-19(10-12-23(22)31-17-32-27)26(35)24(34)16-30-28(36)38-29(2,3)4/h5-15,17,24,26,34-35H,16H2,1-4H3,(H,30,36)(H,31,32,33). The first-order chi connectivity index (χ1) is 18.1. The van der Waals surface area contributed by atoms with Crippen LogP contribution in [0.25, 0.3) is 10.9 Å². The lowest BCUT2D eigenvalue weighted by Crippen LogP contribution is -2.38. The number of hydrogen-bond donors (Lipinski definition) is 4. The Kier molecular flexibility index (Phi) is 8.09. The Bertz CT molecular complexity index is 1410. The second-order valence-corrected chi connectivity index (χ2v) is 9.91. The molecule has 198 valence electrons. The first-order valence-electron chi connectivity index (χ1n) is 12.3. The van der Waals surface area contributed by atoms with E-state index >= 15 is 0 Å². The number of anilines is 2. The van der Waals surface area contributed by atoms with Crippen LogP contribution in [-0.4, -0.2) is 44.5 Å². The molecule has 4 N–H and O–H groups in total. The lowest BCUT2D eigenvalue weighted by Gasteiger charge is -2.22. The first-order valence-corrected chi connectivity index (χ1v) is 12.3. The Labute approximate surface area is 221 Å². The minimum Gasteiger partial charge on any atom is -0.457 e. The third kappa shape index (κ3) is 6.96. The molecule has 0 aliphatic rings. The van der Waals surface area contributed by atoms with Gasteiger partial charge in [-0.1, -0.05) is 24.3 Å². The van der Waals surface area contributed by atoms with Gasteiger partial charge in [-0.3, -0.25) is 0 Å². The Hall–Kier alpha value is -4.21. The van der Waals surface area contributed by atoms with Crippen LogP contribution >= 0.6 is 0 Å². The zero-order valence-electron chi connectivity index (χ0n) is 21.8. The van der Waals surface area contributed by atoms with E-state index in [1.807, 2.05) is 55.5 Å². The van der Waals surface area contributed by atoms with Crippen molar-refractivity contribution in [1.29, 1.82) is 0 Å². The van der Waals surface area contributed by atoms with Crippen molar-refractivity contribution >= 4 is 28.5 Å². The largest absolute Gasteiger partial charge is 0.457 e. The van der Waals surface area contributed by atoms with E-state index in [0.29, 0.717) is 22.3 Å². The SMILES string of the molecule is Cc1cc(Nc2ncnc3ccc(C(O)C(O)CNC(=O)OC(C)(C)C)cc23)ccc1Oc1ccccc1. The third-order valence-corrected chi connectivity index (χ3v) is 5.63. The van der Waals surface area contributed by atoms with Gasteiger partial charge in [-0.05, 0) is 81.3 Å². The highest BCUT2D eigenvalue weighted by molar-refractivity contribution is 5.91. The number of para-hydroxylation sites is 1. The third-order valence-electron chi connectivity index (χ3n) is 5.63. The fourth-order valence-electron chi connectivity index (χ4n) is 3.79. The Morgan fingerprint density at radius 2 is 1.76 bits per heavy atom. The fraction of sp³-hybridized carbons (Fsp3) is 0.276. The van der Waals surface area contributed by atoms with Crippen LogP contribution < -0.4 is 15.4 Å². The van der Waals surface area contributed by atoms with Gasteiger partial charge in [-0.2, -0.15) is 0 Å². The molecule has 3 aromatic carbocycles. The van der Waals surface area contributed by atoms with E-state index < -0.39 is 23.9 Å². The van der Waals surface area contributed by atoms with E-state index in [1.54, 1.807) is 39.0 Å². The number of hydrogen-bond acceptors (Lipinski definition) is 8. The summed E-state index contributed by atoms with van der Waals surface area (Å²) in [4.78, 5) is 20.6. The lowest BCUT2D eigenvalue weighted by molar-refractivity contribution is 0.0130. The fourth-order valence-corrected chi connectivity index (χ4v) is 3.79. The molecule has 0 bridgehead atoms. The van der Waals surface area contributed by atoms with Gasteiger partial charge < -0.3 is 30.3 Å². The van der Waals surface area contributed by atoms with Crippen molar-refractivity contribution in [2.75, 3.05) is 11.9 Å². The lowest BCUT2D eigenvalue weighted by atomic mass is 10.0. The van der Waals surface area contributed by atoms with Crippen LogP contribution in [0.3, 0.4) is 0 Å². The number of ether oxygens (including phenoxy) is 2. The molecule has 0 spiro atoms. The molecule has 1 amide bonds. The van der Waals surface area contributed by atoms with Crippen LogP contribution in [0.1, 0.15) is 38.0 Å². The van der Waals surface area contributed by atoms with Gasteiger partial charge in [0.25, 0.3) is 0 Å². The molecule has 0 radical (unpaired) electrons. The average molecular weight is 517 g/mol. The molecule has 0 saturated carbocycles. The Morgan fingerprint density at radius 3 is 2.47 bits per heavy atom. The van der Waals surface area contributed by atoms with Gasteiger partial charge in [0.1, 0.15) is 41.5 Å². The smallest absolute Gasteiger partial charge is 0.407 e. The van der Waals surface area contributed by atoms with Crippen molar-refractivity contribution in [2.24, 2.45) is 0 Å². The van der Waals surface area contributed by atoms with Crippen LogP contribution in [0.4, 0.5) is 16.3 Å². The predicted molar refractivity (Wildman–Crippen MR) is 146 cm³/mol. The molecule has 38 heavy (non-hydrogen) atoms. The van der Waals surface area contributed by atoms with Crippen LogP contribution in [0.2, 0.25) is 0 Å². The molecule has 0 aliphatic carbocycles. The van der Waals surface area contributed by atoms with Crippen molar-refractivity contribution < 1.29 is 24.5 Å². The number of alkyl carbamates (subject to hydrolysis) is 1. The van der Waals surface area contributed by atoms with E-state index in [1.165, 1.54) is 6.33 Å². The molecular weight excluding hydrogens is 484 g/mol. The van der Waals surface area contributed by atoms with Crippen LogP contribution in [0, 0.1) is 6.92 Å². The number of nitrogens with zero attached hydrogens (tertiary/aromatic N) is 2. The summed E-state index contributed by atoms with van der Waals surface area (Å²) in [5.74, 6) is 2.04. The Morgan fingerprint density at radius 1 is 1.00 bits per heavy atom. The van der Waals surface area contributed by atoms with E-state index in [0.717, 1.165) is 22.7 Å². The van der Waals surface area contributed by atoms with E-state index in [-0.39, 0.29) is 6.54 Å². The molecule has 2 atom stereocenters. The summed E-state index contributed by atoms with van der Waals surface area (Å²) in [5, 5.41) is 27.7. The van der Waals surface area contributed by atoms with Gasteiger partial charge in [0.15, 0.2) is 0 Å². The van der Waals surface area contributed by atoms with Gasteiger partial charge in [0.05, 0.1) is 5.52 Å². The number of amides is 1. The van der Waals surface area contributed by atoms with Crippen LogP contribution in [0.5, 0.6) is 11.5 Å². The molecule has 0 aliphatic heterocycles. The number of carbonyl (C=O) groups is 1. The highest BCUT2D eigenvalue weighted by Gasteiger charge is 2.22. The van der Waals surface area contributed by atoms with E-state index in [4.69, 9.17) is 9.47 Å². The number of benzene rings is 3. The van der Waals surface area contributed by atoms with Gasteiger partial charge in [0.2, 0.25) is 0 Å². The number of nitrogens with one attached hydrogen (secondary N) is 2. The number of aryl methyl sites for hydroxylation is 1. The molecule has 9 nitrogen and oxygen atoms in total. The molecule has 0 saturated heterocycles. The van der Waals surface area contributed by atoms with Crippen LogP contribution in [0.15, 0.2) is 73.1 Å². The maximum atomic E-state index is 11.9. The zero-order valence-corrected chi connectivity index (χ0v) is 21.8. The zero-order chi connectivity index (χ0) is 27.3. The second-order valence-electron chi connectivity index (χ2n) is 9.91. The van der Waals surface area contributed by atoms with Crippen LogP contribution in [-0.2, 0) is 4.74 Å². The Balaban J connectivity index is 1.49. The molecular formula is C29H32N4O5. The normalized spacial score (nSPS) is 13.0. The molecule has 4 aromatic rings. The van der Waals surface area contributed by atoms with Gasteiger partial charge in [-0.15, -0.1) is 0 Å². The molecule has 0 fully saturated rings. The summed E-state index contributed by atoms with van der Waals surface area (Å²) in [6.45, 7) is 7.02. The number of aromatic nitrogens is 2. The van der Waals surface area contributed by atoms with Crippen molar-refractivity contribution in [3.63, 3.8) is 0 Å². The van der Waals surface area contributed by atoms with E-state index in [9.17, 15) is 15.0 Å². The van der Waals surface area contributed by atoms with Crippen molar-refractivity contribution in [1.82, 2.24) is 15.3 Å². The monoisotopic (exact) mass is 516 g/mol. The maximum Gasteiger partial charge on any atom is 0.407 e. The predicted octanol–water partition coefficient (Wildman–Crippen LogP) is 5.39. The summed E-state index contributed by atoms with van der Waals surface area (Å²) in [6.07, 6.45) is -1.71. The maximum absolute atomic E-state index is 11.9. The summed E-state index contributed by atoms with van der Waals surface area (Å²) in [5.41, 5.74) is 2.20. The molecule has 2 unspecified atom stereocenters. The van der Waals surface area contributed by atoms with Crippen molar-refractivity contribution in [2.45, 2.75) is 45.5 Å². The molecule has 1 heterocycles. The number of carbonyl (C=O) groups excluding carboxylic acids is 1. The van der Waals surface area contributed by atoms with Gasteiger partial charge >= 0.3 is 6.09 Å². The van der Waals surface area contributed by atoms with E-state index in [2.05, 4.69) is 20.6 Å². The quantitative estimate of drug-likeness (QED) is 0.246. The second kappa shape index (κ2) is 11.5. The molecule has 4 rings (SSSR count). The van der Waals surface area contributed by atoms with Crippen molar-refractivity contribution in [3.8, 4) is 11.5 Å².